The van der Waals surface area contributed by atoms with Crippen LogP contribution >= 0.6 is 22.9 Å². The minimum absolute atomic E-state index is 0.0400. The summed E-state index contributed by atoms with van der Waals surface area (Å²) in [6.07, 6.45) is -5.19. The van der Waals surface area contributed by atoms with E-state index >= 15 is 0 Å². The van der Waals surface area contributed by atoms with Gasteiger partial charge in [0.15, 0.2) is 5.15 Å². The predicted octanol–water partition coefficient (Wildman–Crippen LogP) is 2.14. The lowest BCUT2D eigenvalue weighted by Crippen LogP contribution is -2.29. The minimum Gasteiger partial charge on any atom is -0.377 e. The third-order valence-electron chi connectivity index (χ3n) is 3.69. The first-order chi connectivity index (χ1) is 11.8. The topological polar surface area (TPSA) is 63.0 Å². The Morgan fingerprint density at radius 2 is 2.16 bits per heavy atom. The number of carbonyl (C=O) groups is 1. The molecule has 12 heteroatoms. The number of imidazole rings is 1. The van der Waals surface area contributed by atoms with Crippen LogP contribution in [-0.2, 0) is 22.7 Å². The van der Waals surface area contributed by atoms with Gasteiger partial charge in [-0.2, -0.15) is 18.3 Å². The van der Waals surface area contributed by atoms with E-state index in [1.54, 1.807) is 11.6 Å². The summed E-state index contributed by atoms with van der Waals surface area (Å²) >= 11 is 7.44. The van der Waals surface area contributed by atoms with E-state index in [0.717, 1.165) is 0 Å². The van der Waals surface area contributed by atoms with Crippen LogP contribution in [-0.4, -0.2) is 63.3 Å². The van der Waals surface area contributed by atoms with Crippen molar-refractivity contribution in [3.05, 3.63) is 15.9 Å². The fourth-order valence-corrected chi connectivity index (χ4v) is 3.69. The van der Waals surface area contributed by atoms with E-state index in [0.29, 0.717) is 22.3 Å². The molecule has 7 nitrogen and oxygen atoms in total. The molecule has 25 heavy (non-hydrogen) atoms. The molecule has 0 unspecified atom stereocenters. The molecule has 1 aliphatic heterocycles. The van der Waals surface area contributed by atoms with E-state index in [4.69, 9.17) is 16.3 Å². The van der Waals surface area contributed by atoms with Crippen LogP contribution in [0.1, 0.15) is 17.1 Å². The van der Waals surface area contributed by atoms with Gasteiger partial charge in [0.05, 0.1) is 32.8 Å². The Labute approximate surface area is 149 Å². The molecule has 1 amide bonds. The molecule has 0 atom stereocenters. The normalized spacial score (nSPS) is 16.5. The Kier molecular flexibility index (Phi) is 5.19. The number of hydrogen-bond acceptors (Lipinski definition) is 6. The number of fused-ring (bicyclic) bond motifs is 1. The molecule has 0 aromatic carbocycles. The fourth-order valence-electron chi connectivity index (χ4n) is 2.53. The number of nitrogens with zero attached hydrogens (tertiary/aromatic N) is 5. The third-order valence-corrected chi connectivity index (χ3v) is 4.88. The van der Waals surface area contributed by atoms with Crippen LogP contribution in [0.2, 0.25) is 5.15 Å². The zero-order valence-electron chi connectivity index (χ0n) is 13.2. The maximum absolute atomic E-state index is 12.3. The molecular formula is C13H15ClF3N5O2S. The zero-order chi connectivity index (χ0) is 18.2. The van der Waals surface area contributed by atoms with Gasteiger partial charge in [-0.3, -0.25) is 9.69 Å². The Morgan fingerprint density at radius 3 is 2.84 bits per heavy atom. The van der Waals surface area contributed by atoms with E-state index < -0.39 is 12.6 Å². The van der Waals surface area contributed by atoms with Crippen molar-refractivity contribution in [2.45, 2.75) is 25.7 Å². The number of ether oxygens (including phenoxy) is 1. The Balaban J connectivity index is 1.70. The number of methoxy groups -OCH3 is 1. The second-order valence-electron chi connectivity index (χ2n) is 5.62. The van der Waals surface area contributed by atoms with E-state index in [2.05, 4.69) is 10.1 Å². The molecule has 1 aliphatic rings. The van der Waals surface area contributed by atoms with Gasteiger partial charge in [-0.05, 0) is 0 Å². The van der Waals surface area contributed by atoms with Crippen LogP contribution in [0.3, 0.4) is 0 Å². The van der Waals surface area contributed by atoms with Crippen molar-refractivity contribution in [2.75, 3.05) is 26.9 Å². The number of rotatable bonds is 6. The molecule has 2 aromatic rings. The first-order valence-corrected chi connectivity index (χ1v) is 8.55. The smallest absolute Gasteiger partial charge is 0.377 e. The van der Waals surface area contributed by atoms with Crippen molar-refractivity contribution in [1.29, 1.82) is 0 Å². The highest BCUT2D eigenvalue weighted by Gasteiger charge is 2.33. The lowest BCUT2D eigenvalue weighted by molar-refractivity contribution is -0.138. The van der Waals surface area contributed by atoms with Crippen molar-refractivity contribution in [3.63, 3.8) is 0 Å². The van der Waals surface area contributed by atoms with E-state index in [9.17, 15) is 18.0 Å². The van der Waals surface area contributed by atoms with Gasteiger partial charge in [-0.15, -0.1) is 0 Å². The molecule has 0 radical (unpaired) electrons. The number of halogens is 4. The molecule has 0 N–H and O–H groups in total. The summed E-state index contributed by atoms with van der Waals surface area (Å²) in [5, 5.41) is 5.28. The molecule has 3 rings (SSSR count). The Morgan fingerprint density at radius 1 is 1.40 bits per heavy atom. The van der Waals surface area contributed by atoms with Gasteiger partial charge in [-0.25, -0.2) is 9.50 Å². The standard InChI is InChI=1S/C13H15ClF3N5O2S/c1-24-6-9-19-22-8(11(14)18-12(22)25-9)4-21-7-20(5-10(21)23)3-2-13(15,16)17/h2-7H2,1H3. The second-order valence-corrected chi connectivity index (χ2v) is 7.02. The lowest BCUT2D eigenvalue weighted by Gasteiger charge is -2.18. The molecule has 3 heterocycles. The van der Waals surface area contributed by atoms with E-state index in [-0.39, 0.29) is 37.4 Å². The number of aromatic nitrogens is 3. The zero-order valence-corrected chi connectivity index (χ0v) is 14.8. The van der Waals surface area contributed by atoms with Crippen molar-refractivity contribution in [1.82, 2.24) is 24.4 Å². The summed E-state index contributed by atoms with van der Waals surface area (Å²) in [4.78, 5) is 19.8. The Bertz CT molecular complexity index is 778. The average Bonchev–Trinajstić information content (AvgIpc) is 3.13. The molecule has 0 aliphatic carbocycles. The van der Waals surface area contributed by atoms with Crippen LogP contribution < -0.4 is 0 Å². The highest BCUT2D eigenvalue weighted by atomic mass is 35.5. The Hall–Kier alpha value is -1.43. The molecule has 1 fully saturated rings. The van der Waals surface area contributed by atoms with Gasteiger partial charge >= 0.3 is 6.18 Å². The summed E-state index contributed by atoms with van der Waals surface area (Å²) < 4.78 is 43.6. The molecule has 0 bridgehead atoms. The number of hydrogen-bond donors (Lipinski definition) is 0. The summed E-state index contributed by atoms with van der Waals surface area (Å²) in [6.45, 7) is 0.335. The largest absolute Gasteiger partial charge is 0.390 e. The van der Waals surface area contributed by atoms with Gasteiger partial charge in [0.2, 0.25) is 10.9 Å². The van der Waals surface area contributed by atoms with Gasteiger partial charge in [0, 0.05) is 13.7 Å². The van der Waals surface area contributed by atoms with Gasteiger partial charge < -0.3 is 9.64 Å². The van der Waals surface area contributed by atoms with Crippen LogP contribution in [0.25, 0.3) is 4.96 Å². The molecule has 2 aromatic heterocycles. The first kappa shape index (κ1) is 18.4. The number of amides is 1. The molecule has 0 spiro atoms. The van der Waals surface area contributed by atoms with Crippen molar-refractivity contribution < 1.29 is 22.7 Å². The summed E-state index contributed by atoms with van der Waals surface area (Å²) in [5.41, 5.74) is 0.529. The van der Waals surface area contributed by atoms with E-state index in [1.807, 2.05) is 0 Å². The molecule has 0 saturated carbocycles. The molecule has 1 saturated heterocycles. The highest BCUT2D eigenvalue weighted by molar-refractivity contribution is 7.16. The van der Waals surface area contributed by atoms with E-state index in [1.165, 1.54) is 21.1 Å². The fraction of sp³-hybridized carbons (Fsp3) is 0.615. The van der Waals surface area contributed by atoms with Gasteiger partial charge in [0.25, 0.3) is 0 Å². The average molecular weight is 398 g/mol. The van der Waals surface area contributed by atoms with Gasteiger partial charge in [-0.1, -0.05) is 22.9 Å². The summed E-state index contributed by atoms with van der Waals surface area (Å²) in [5.74, 6) is -0.250. The first-order valence-electron chi connectivity index (χ1n) is 7.35. The second kappa shape index (κ2) is 7.06. The maximum Gasteiger partial charge on any atom is 0.390 e. The minimum atomic E-state index is -4.24. The number of carbonyl (C=O) groups excluding carboxylic acids is 1. The molecule has 138 valence electrons. The highest BCUT2D eigenvalue weighted by Crippen LogP contribution is 2.25. The maximum atomic E-state index is 12.3. The summed E-state index contributed by atoms with van der Waals surface area (Å²) in [7, 11) is 1.55. The predicted molar refractivity (Wildman–Crippen MR) is 84.2 cm³/mol. The van der Waals surface area contributed by atoms with Crippen molar-refractivity contribution >= 4 is 33.8 Å². The summed E-state index contributed by atoms with van der Waals surface area (Å²) in [6, 6.07) is 0. The van der Waals surface area contributed by atoms with Crippen LogP contribution in [0.4, 0.5) is 13.2 Å². The quantitative estimate of drug-likeness (QED) is 0.747. The van der Waals surface area contributed by atoms with Crippen molar-refractivity contribution in [2.24, 2.45) is 0 Å². The number of alkyl halides is 3. The lowest BCUT2D eigenvalue weighted by atomic mass is 10.4. The van der Waals surface area contributed by atoms with Gasteiger partial charge in [0.1, 0.15) is 10.7 Å². The van der Waals surface area contributed by atoms with Crippen molar-refractivity contribution in [3.8, 4) is 0 Å². The monoisotopic (exact) mass is 397 g/mol. The SMILES string of the molecule is COCc1nn2c(CN3CN(CCC(F)(F)F)CC3=O)c(Cl)nc2s1. The third kappa shape index (κ3) is 4.22. The van der Waals surface area contributed by atoms with Crippen LogP contribution in [0.15, 0.2) is 0 Å². The van der Waals surface area contributed by atoms with Crippen LogP contribution in [0, 0.1) is 0 Å². The van der Waals surface area contributed by atoms with Crippen LogP contribution in [0.5, 0.6) is 0 Å². The molecular weight excluding hydrogens is 383 g/mol.